The number of hydrogen-bond donors (Lipinski definition) is 1. The second-order valence-corrected chi connectivity index (χ2v) is 3.47. The van der Waals surface area contributed by atoms with Gasteiger partial charge in [-0.05, 0) is 18.2 Å². The lowest BCUT2D eigenvalue weighted by molar-refractivity contribution is -0.131. The minimum atomic E-state index is -1.02. The molecular formula is C10H8Cl2O3. The van der Waals surface area contributed by atoms with E-state index >= 15 is 0 Å². The molecule has 80 valence electrons. The SMILES string of the molecule is O=C(O)/C=C/COc1cc(Cl)ccc1Cl. The van der Waals surface area contributed by atoms with E-state index in [2.05, 4.69) is 0 Å². The van der Waals surface area contributed by atoms with Crippen LogP contribution in [0.2, 0.25) is 10.0 Å². The normalized spacial score (nSPS) is 10.5. The Bertz CT molecular complexity index is 388. The van der Waals surface area contributed by atoms with Crippen molar-refractivity contribution in [2.45, 2.75) is 0 Å². The maximum Gasteiger partial charge on any atom is 0.328 e. The smallest absolute Gasteiger partial charge is 0.328 e. The Morgan fingerprint density at radius 3 is 2.87 bits per heavy atom. The van der Waals surface area contributed by atoms with Gasteiger partial charge in [0.25, 0.3) is 0 Å². The highest BCUT2D eigenvalue weighted by atomic mass is 35.5. The number of carboxylic acids is 1. The van der Waals surface area contributed by atoms with Crippen LogP contribution in [0, 0.1) is 0 Å². The molecule has 5 heteroatoms. The van der Waals surface area contributed by atoms with Crippen LogP contribution in [0.5, 0.6) is 5.75 Å². The highest BCUT2D eigenvalue weighted by Gasteiger charge is 2.00. The summed E-state index contributed by atoms with van der Waals surface area (Å²) in [7, 11) is 0. The second-order valence-electron chi connectivity index (χ2n) is 2.63. The van der Waals surface area contributed by atoms with Crippen molar-refractivity contribution >= 4 is 29.2 Å². The molecule has 0 radical (unpaired) electrons. The lowest BCUT2D eigenvalue weighted by atomic mass is 10.3. The Labute approximate surface area is 96.9 Å². The van der Waals surface area contributed by atoms with Crippen LogP contribution >= 0.6 is 23.2 Å². The summed E-state index contributed by atoms with van der Waals surface area (Å²) < 4.78 is 5.20. The molecule has 0 amide bonds. The van der Waals surface area contributed by atoms with E-state index in [-0.39, 0.29) is 6.61 Å². The molecule has 0 aliphatic carbocycles. The maximum absolute atomic E-state index is 10.1. The van der Waals surface area contributed by atoms with Crippen LogP contribution in [0.1, 0.15) is 0 Å². The van der Waals surface area contributed by atoms with Crippen molar-refractivity contribution in [2.24, 2.45) is 0 Å². The van der Waals surface area contributed by atoms with Crippen LogP contribution < -0.4 is 4.74 Å². The van der Waals surface area contributed by atoms with Gasteiger partial charge in [0.15, 0.2) is 0 Å². The molecule has 1 aromatic rings. The van der Waals surface area contributed by atoms with Gasteiger partial charge in [-0.1, -0.05) is 23.2 Å². The van der Waals surface area contributed by atoms with Crippen LogP contribution in [-0.4, -0.2) is 17.7 Å². The van der Waals surface area contributed by atoms with Crippen LogP contribution in [0.25, 0.3) is 0 Å². The molecule has 0 bridgehead atoms. The Hall–Kier alpha value is -1.19. The standard InChI is InChI=1S/C10H8Cl2O3/c11-7-3-4-8(12)9(6-7)15-5-1-2-10(13)14/h1-4,6H,5H2,(H,13,14)/b2-1+. The fraction of sp³-hybridized carbons (Fsp3) is 0.100. The van der Waals surface area contributed by atoms with Crippen LogP contribution in [-0.2, 0) is 4.79 Å². The van der Waals surface area contributed by atoms with Crippen molar-refractivity contribution in [1.82, 2.24) is 0 Å². The number of benzene rings is 1. The number of ether oxygens (including phenoxy) is 1. The van der Waals surface area contributed by atoms with E-state index in [4.69, 9.17) is 33.0 Å². The van der Waals surface area contributed by atoms with E-state index in [1.54, 1.807) is 18.2 Å². The molecule has 0 unspecified atom stereocenters. The maximum atomic E-state index is 10.1. The zero-order valence-corrected chi connectivity index (χ0v) is 9.13. The number of rotatable bonds is 4. The van der Waals surface area contributed by atoms with E-state index in [9.17, 15) is 4.79 Å². The first kappa shape index (κ1) is 11.9. The minimum absolute atomic E-state index is 0.131. The fourth-order valence-corrected chi connectivity index (χ4v) is 1.21. The first-order valence-electron chi connectivity index (χ1n) is 4.07. The molecular weight excluding hydrogens is 239 g/mol. The molecule has 1 N–H and O–H groups in total. The Morgan fingerprint density at radius 1 is 1.47 bits per heavy atom. The summed E-state index contributed by atoms with van der Waals surface area (Å²) in [5.74, 6) is -0.588. The number of hydrogen-bond acceptors (Lipinski definition) is 2. The van der Waals surface area contributed by atoms with E-state index in [0.717, 1.165) is 6.08 Å². The Balaban J connectivity index is 2.57. The summed E-state index contributed by atoms with van der Waals surface area (Å²) in [5, 5.41) is 9.26. The van der Waals surface area contributed by atoms with Gasteiger partial charge in [-0.15, -0.1) is 0 Å². The van der Waals surface area contributed by atoms with Crippen molar-refractivity contribution in [3.63, 3.8) is 0 Å². The fourth-order valence-electron chi connectivity index (χ4n) is 0.875. The Morgan fingerprint density at radius 2 is 2.20 bits per heavy atom. The minimum Gasteiger partial charge on any atom is -0.488 e. The molecule has 0 atom stereocenters. The summed E-state index contributed by atoms with van der Waals surface area (Å²) in [5.41, 5.74) is 0. The number of carbonyl (C=O) groups is 1. The van der Waals surface area contributed by atoms with Gasteiger partial charge in [-0.2, -0.15) is 0 Å². The summed E-state index contributed by atoms with van der Waals surface area (Å²) in [6.45, 7) is 0.131. The zero-order valence-electron chi connectivity index (χ0n) is 7.61. The van der Waals surface area contributed by atoms with Gasteiger partial charge in [-0.3, -0.25) is 0 Å². The van der Waals surface area contributed by atoms with E-state index in [0.29, 0.717) is 15.8 Å². The van der Waals surface area contributed by atoms with Crippen molar-refractivity contribution < 1.29 is 14.6 Å². The van der Waals surface area contributed by atoms with Crippen LogP contribution in [0.4, 0.5) is 0 Å². The summed E-state index contributed by atoms with van der Waals surface area (Å²) in [6.07, 6.45) is 2.37. The highest BCUT2D eigenvalue weighted by molar-refractivity contribution is 6.34. The average molecular weight is 247 g/mol. The molecule has 0 heterocycles. The molecule has 0 aliphatic heterocycles. The molecule has 0 saturated carbocycles. The van der Waals surface area contributed by atoms with Gasteiger partial charge in [0, 0.05) is 17.2 Å². The zero-order chi connectivity index (χ0) is 11.3. The number of halogens is 2. The number of carboxylic acid groups (broad SMARTS) is 1. The first-order valence-corrected chi connectivity index (χ1v) is 4.82. The topological polar surface area (TPSA) is 46.5 Å². The van der Waals surface area contributed by atoms with Crippen LogP contribution in [0.15, 0.2) is 30.4 Å². The van der Waals surface area contributed by atoms with Crippen molar-refractivity contribution in [3.8, 4) is 5.75 Å². The number of aliphatic carboxylic acids is 1. The predicted octanol–water partition coefficient (Wildman–Crippen LogP) is 3.01. The lowest BCUT2D eigenvalue weighted by Crippen LogP contribution is -1.96. The first-order chi connectivity index (χ1) is 7.09. The van der Waals surface area contributed by atoms with Crippen molar-refractivity contribution in [3.05, 3.63) is 40.4 Å². The predicted molar refractivity (Wildman–Crippen MR) is 58.7 cm³/mol. The van der Waals surface area contributed by atoms with E-state index in [1.807, 2.05) is 0 Å². The molecule has 0 spiro atoms. The third-order valence-electron chi connectivity index (χ3n) is 1.49. The third-order valence-corrected chi connectivity index (χ3v) is 2.04. The average Bonchev–Trinajstić information content (AvgIpc) is 2.17. The highest BCUT2D eigenvalue weighted by Crippen LogP contribution is 2.27. The largest absolute Gasteiger partial charge is 0.488 e. The molecule has 1 rings (SSSR count). The lowest BCUT2D eigenvalue weighted by Gasteiger charge is -2.05. The molecule has 0 aromatic heterocycles. The van der Waals surface area contributed by atoms with Gasteiger partial charge in [0.2, 0.25) is 0 Å². The van der Waals surface area contributed by atoms with E-state index in [1.165, 1.54) is 6.08 Å². The summed E-state index contributed by atoms with van der Waals surface area (Å²) in [4.78, 5) is 10.1. The van der Waals surface area contributed by atoms with Crippen molar-refractivity contribution in [2.75, 3.05) is 6.61 Å². The van der Waals surface area contributed by atoms with Gasteiger partial charge in [0.05, 0.1) is 5.02 Å². The third kappa shape index (κ3) is 4.23. The molecule has 15 heavy (non-hydrogen) atoms. The quantitative estimate of drug-likeness (QED) is 0.832. The van der Waals surface area contributed by atoms with E-state index < -0.39 is 5.97 Å². The van der Waals surface area contributed by atoms with Crippen molar-refractivity contribution in [1.29, 1.82) is 0 Å². The van der Waals surface area contributed by atoms with Gasteiger partial charge >= 0.3 is 5.97 Å². The van der Waals surface area contributed by atoms with Gasteiger partial charge in [-0.25, -0.2) is 4.79 Å². The molecule has 0 aliphatic rings. The van der Waals surface area contributed by atoms with Gasteiger partial charge in [0.1, 0.15) is 12.4 Å². The van der Waals surface area contributed by atoms with Gasteiger partial charge < -0.3 is 9.84 Å². The molecule has 0 fully saturated rings. The molecule has 1 aromatic carbocycles. The Kier molecular flexibility index (Phi) is 4.46. The molecule has 3 nitrogen and oxygen atoms in total. The molecule has 0 saturated heterocycles. The summed E-state index contributed by atoms with van der Waals surface area (Å²) in [6, 6.07) is 4.82. The second kappa shape index (κ2) is 5.63. The van der Waals surface area contributed by atoms with Crippen LogP contribution in [0.3, 0.4) is 0 Å². The monoisotopic (exact) mass is 246 g/mol. The summed E-state index contributed by atoms with van der Waals surface area (Å²) >= 11 is 11.5.